The van der Waals surface area contributed by atoms with Gasteiger partial charge in [-0.2, -0.15) is 0 Å². The third-order valence-electron chi connectivity index (χ3n) is 6.44. The molecule has 2 atom stereocenters. The number of carbonyl (C=O) groups is 1. The third-order valence-corrected chi connectivity index (χ3v) is 6.44. The second-order valence-electron chi connectivity index (χ2n) is 8.50. The molecule has 1 aliphatic carbocycles. The van der Waals surface area contributed by atoms with Crippen LogP contribution in [0.3, 0.4) is 0 Å². The molecule has 0 aliphatic heterocycles. The molecule has 0 saturated carbocycles. The topological polar surface area (TPSA) is 91.7 Å². The predicted molar refractivity (Wildman–Crippen MR) is 130 cm³/mol. The van der Waals surface area contributed by atoms with Gasteiger partial charge in [0.1, 0.15) is 12.7 Å². The largest absolute Gasteiger partial charge is 0.449 e. The van der Waals surface area contributed by atoms with E-state index >= 15 is 0 Å². The van der Waals surface area contributed by atoms with Gasteiger partial charge in [0.25, 0.3) is 0 Å². The molecular formula is C28H26N2O4. The van der Waals surface area contributed by atoms with Crippen LogP contribution in [0.15, 0.2) is 85.2 Å². The van der Waals surface area contributed by atoms with Crippen molar-refractivity contribution in [1.29, 1.82) is 0 Å². The number of hydrogen-bond donors (Lipinski definition) is 3. The first-order valence-corrected chi connectivity index (χ1v) is 11.4. The Labute approximate surface area is 197 Å². The van der Waals surface area contributed by atoms with Gasteiger partial charge in [0.05, 0.1) is 6.10 Å². The Bertz CT molecular complexity index is 1270. The maximum absolute atomic E-state index is 12.3. The lowest BCUT2D eigenvalue weighted by Gasteiger charge is -2.20. The first kappa shape index (κ1) is 22.1. The molecule has 1 amide bonds. The molecule has 4 aromatic rings. The number of aliphatic hydroxyl groups is 2. The molecule has 0 radical (unpaired) electrons. The van der Waals surface area contributed by atoms with Crippen molar-refractivity contribution < 1.29 is 19.7 Å². The summed E-state index contributed by atoms with van der Waals surface area (Å²) in [5.74, 6) is -0.00979. The van der Waals surface area contributed by atoms with Crippen LogP contribution in [0.2, 0.25) is 0 Å². The number of hydrogen-bond acceptors (Lipinski definition) is 5. The van der Waals surface area contributed by atoms with E-state index in [2.05, 4.69) is 34.6 Å². The molecule has 6 nitrogen and oxygen atoms in total. The van der Waals surface area contributed by atoms with Crippen molar-refractivity contribution in [3.8, 4) is 11.1 Å². The van der Waals surface area contributed by atoms with Crippen LogP contribution in [-0.2, 0) is 4.74 Å². The van der Waals surface area contributed by atoms with E-state index in [4.69, 9.17) is 4.74 Å². The van der Waals surface area contributed by atoms with Gasteiger partial charge in [-0.15, -0.1) is 0 Å². The van der Waals surface area contributed by atoms with Gasteiger partial charge in [-0.3, -0.25) is 4.98 Å². The number of fused-ring (bicyclic) bond motifs is 4. The highest BCUT2D eigenvalue weighted by Gasteiger charge is 2.29. The molecule has 34 heavy (non-hydrogen) atoms. The Kier molecular flexibility index (Phi) is 6.25. The van der Waals surface area contributed by atoms with E-state index in [1.807, 2.05) is 48.5 Å². The summed E-state index contributed by atoms with van der Waals surface area (Å²) in [6.45, 7) is 0.403. The Morgan fingerprint density at radius 1 is 0.912 bits per heavy atom. The molecular weight excluding hydrogens is 428 g/mol. The third kappa shape index (κ3) is 4.25. The molecule has 1 heterocycles. The van der Waals surface area contributed by atoms with Crippen LogP contribution in [0.1, 0.15) is 35.1 Å². The maximum atomic E-state index is 12.3. The fourth-order valence-electron chi connectivity index (χ4n) is 4.71. The number of nitrogens with zero attached hydrogens (tertiary/aromatic N) is 1. The highest BCUT2D eigenvalue weighted by atomic mass is 16.5. The lowest BCUT2D eigenvalue weighted by molar-refractivity contribution is 0.0143. The van der Waals surface area contributed by atoms with E-state index in [1.165, 1.54) is 11.1 Å². The van der Waals surface area contributed by atoms with Gasteiger partial charge < -0.3 is 20.3 Å². The highest BCUT2D eigenvalue weighted by molar-refractivity contribution is 5.85. The average Bonchev–Trinajstić information content (AvgIpc) is 3.20. The van der Waals surface area contributed by atoms with Crippen LogP contribution < -0.4 is 5.32 Å². The molecule has 3 aromatic carbocycles. The SMILES string of the molecule is O=C(NCCC(O)C(O)c1cncc2ccccc12)OCC1c2ccccc2-c2ccccc21. The van der Waals surface area contributed by atoms with Gasteiger partial charge in [-0.25, -0.2) is 4.79 Å². The van der Waals surface area contributed by atoms with Crippen LogP contribution in [0.4, 0.5) is 4.79 Å². The van der Waals surface area contributed by atoms with E-state index in [9.17, 15) is 15.0 Å². The molecule has 1 aliphatic rings. The zero-order chi connectivity index (χ0) is 23.5. The molecule has 172 valence electrons. The van der Waals surface area contributed by atoms with Gasteiger partial charge in [-0.05, 0) is 34.1 Å². The summed E-state index contributed by atoms with van der Waals surface area (Å²) in [5, 5.41) is 25.6. The van der Waals surface area contributed by atoms with Crippen molar-refractivity contribution in [2.45, 2.75) is 24.5 Å². The average molecular weight is 455 g/mol. The Morgan fingerprint density at radius 3 is 2.29 bits per heavy atom. The van der Waals surface area contributed by atoms with Crippen LogP contribution in [0, 0.1) is 0 Å². The second kappa shape index (κ2) is 9.63. The highest BCUT2D eigenvalue weighted by Crippen LogP contribution is 2.44. The van der Waals surface area contributed by atoms with E-state index in [0.29, 0.717) is 5.56 Å². The van der Waals surface area contributed by atoms with Crippen molar-refractivity contribution in [3.63, 3.8) is 0 Å². The molecule has 5 rings (SSSR count). The maximum Gasteiger partial charge on any atom is 0.407 e. The number of aliphatic hydroxyl groups excluding tert-OH is 2. The lowest BCUT2D eigenvalue weighted by Crippen LogP contribution is -2.30. The van der Waals surface area contributed by atoms with Crippen molar-refractivity contribution in [3.05, 3.63) is 102 Å². The van der Waals surface area contributed by atoms with E-state index in [1.54, 1.807) is 12.4 Å². The Morgan fingerprint density at radius 2 is 1.56 bits per heavy atom. The normalized spacial score (nSPS) is 14.3. The zero-order valence-electron chi connectivity index (χ0n) is 18.6. The van der Waals surface area contributed by atoms with Crippen molar-refractivity contribution in [1.82, 2.24) is 10.3 Å². The molecule has 6 heteroatoms. The van der Waals surface area contributed by atoms with E-state index in [-0.39, 0.29) is 25.5 Å². The summed E-state index contributed by atoms with van der Waals surface area (Å²) in [7, 11) is 0. The lowest BCUT2D eigenvalue weighted by atomic mass is 9.98. The molecule has 3 N–H and O–H groups in total. The van der Waals surface area contributed by atoms with E-state index < -0.39 is 18.3 Å². The minimum atomic E-state index is -1.11. The number of carbonyl (C=O) groups excluding carboxylic acids is 1. The molecule has 0 saturated heterocycles. The summed E-state index contributed by atoms with van der Waals surface area (Å²) < 4.78 is 5.52. The van der Waals surface area contributed by atoms with Gasteiger partial charge in [0.15, 0.2) is 0 Å². The molecule has 0 fully saturated rings. The second-order valence-corrected chi connectivity index (χ2v) is 8.50. The zero-order valence-corrected chi connectivity index (χ0v) is 18.6. The van der Waals surface area contributed by atoms with Gasteiger partial charge in [0.2, 0.25) is 0 Å². The Hall–Kier alpha value is -3.74. The summed E-state index contributed by atoms with van der Waals surface area (Å²) in [6.07, 6.45) is 0.750. The van der Waals surface area contributed by atoms with Crippen LogP contribution in [0.5, 0.6) is 0 Å². The molecule has 0 spiro atoms. The summed E-state index contributed by atoms with van der Waals surface area (Å²) >= 11 is 0. The van der Waals surface area contributed by atoms with Crippen LogP contribution in [-0.4, -0.2) is 40.5 Å². The number of nitrogens with one attached hydrogen (secondary N) is 1. The van der Waals surface area contributed by atoms with Crippen molar-refractivity contribution in [2.24, 2.45) is 0 Å². The van der Waals surface area contributed by atoms with Gasteiger partial charge in [-0.1, -0.05) is 72.8 Å². The smallest absolute Gasteiger partial charge is 0.407 e. The van der Waals surface area contributed by atoms with Gasteiger partial charge >= 0.3 is 6.09 Å². The first-order valence-electron chi connectivity index (χ1n) is 11.4. The quantitative estimate of drug-likeness (QED) is 0.381. The monoisotopic (exact) mass is 454 g/mol. The van der Waals surface area contributed by atoms with Gasteiger partial charge in [0, 0.05) is 35.8 Å². The van der Waals surface area contributed by atoms with E-state index in [0.717, 1.165) is 21.9 Å². The standard InChI is InChI=1S/C28H26N2O4/c31-26(27(32)24-16-29-15-18-7-1-2-8-19(18)24)13-14-30-28(33)34-17-25-22-11-5-3-9-20(22)21-10-4-6-12-23(21)25/h1-12,15-16,25-27,31-32H,13-14,17H2,(H,30,33). The summed E-state index contributed by atoms with van der Waals surface area (Å²) in [5.41, 5.74) is 5.21. The minimum Gasteiger partial charge on any atom is -0.449 e. The number of pyridine rings is 1. The van der Waals surface area contributed by atoms with Crippen LogP contribution in [0.25, 0.3) is 21.9 Å². The fourth-order valence-corrected chi connectivity index (χ4v) is 4.71. The predicted octanol–water partition coefficient (Wildman–Crippen LogP) is 4.56. The molecule has 0 bridgehead atoms. The van der Waals surface area contributed by atoms with Crippen molar-refractivity contribution in [2.75, 3.05) is 13.2 Å². The minimum absolute atomic E-state index is 0.00979. The summed E-state index contributed by atoms with van der Waals surface area (Å²) in [6, 6.07) is 23.9. The number of amides is 1. The fraction of sp³-hybridized carbons (Fsp3) is 0.214. The number of rotatable bonds is 7. The number of alkyl carbamates (subject to hydrolysis) is 1. The molecule has 2 unspecified atom stereocenters. The van der Waals surface area contributed by atoms with Crippen LogP contribution >= 0.6 is 0 Å². The number of ether oxygens (including phenoxy) is 1. The van der Waals surface area contributed by atoms with Crippen molar-refractivity contribution >= 4 is 16.9 Å². The first-order chi connectivity index (χ1) is 16.6. The number of benzene rings is 3. The number of aromatic nitrogens is 1. The molecule has 1 aromatic heterocycles. The Balaban J connectivity index is 1.15. The summed E-state index contributed by atoms with van der Waals surface area (Å²) in [4.78, 5) is 16.5.